The fourth-order valence-electron chi connectivity index (χ4n) is 13.8. The van der Waals surface area contributed by atoms with Gasteiger partial charge >= 0.3 is 6.18 Å². The summed E-state index contributed by atoms with van der Waals surface area (Å²) in [5.74, 6) is -0.658. The Kier molecular flexibility index (Phi) is 16.0. The number of nitrogens with zero attached hydrogens (tertiary/aromatic N) is 9. The third kappa shape index (κ3) is 11.7. The number of imide groups is 1. The number of nitrogens with one attached hydrogen (secondary N) is 1. The van der Waals surface area contributed by atoms with Gasteiger partial charge in [0.2, 0.25) is 11.8 Å². The van der Waals surface area contributed by atoms with Crippen LogP contribution in [-0.2, 0) is 63.8 Å². The maximum absolute atomic E-state index is 15.5. The van der Waals surface area contributed by atoms with Crippen LogP contribution in [0.2, 0.25) is 0 Å². The van der Waals surface area contributed by atoms with Crippen LogP contribution >= 0.6 is 0 Å². The van der Waals surface area contributed by atoms with Gasteiger partial charge < -0.3 is 33.6 Å². The lowest BCUT2D eigenvalue weighted by Crippen LogP contribution is -2.59. The molecule has 16 nitrogen and oxygen atoms in total. The molecule has 4 amide bonds. The number of piperazine rings is 1. The van der Waals surface area contributed by atoms with Crippen molar-refractivity contribution in [3.8, 4) is 0 Å². The topological polar surface area (TPSA) is 149 Å². The summed E-state index contributed by atoms with van der Waals surface area (Å²) >= 11 is 0. The molecule has 1 aromatic heterocycles. The number of rotatable bonds is 12. The SMILES string of the molecule is CN1CCN(CC2CCCN(Cc3cc4c(c(C(F)(F)F)c3)CN(c3cccc(C5(Cc6nncn6C)COC5)c3)C4=O)C2)C(C)(C)C1.O=C1CCC(N2Cc3c(ccc(N4CCC(OC5CCCCC5)CC4)c3F)C2=O)C(=O)N1. The van der Waals surface area contributed by atoms with Crippen LogP contribution in [0.4, 0.5) is 28.9 Å². The van der Waals surface area contributed by atoms with E-state index in [0.29, 0.717) is 66.3 Å². The number of fused-ring (bicyclic) bond motifs is 2. The summed E-state index contributed by atoms with van der Waals surface area (Å²) in [7, 11) is 4.06. The van der Waals surface area contributed by atoms with Crippen LogP contribution < -0.4 is 15.1 Å². The van der Waals surface area contributed by atoms with Gasteiger partial charge in [-0.15, -0.1) is 10.2 Å². The molecule has 0 spiro atoms. The molecule has 7 aliphatic heterocycles. The van der Waals surface area contributed by atoms with Crippen molar-refractivity contribution in [2.45, 2.75) is 146 Å². The standard InChI is InChI=1S/C36H46F3N7O2.C24H30FN3O4/c1-34(2)21-42(3)11-12-45(34)19-25-7-6-10-44(17-25)18-26-13-29-30(31(14-26)36(37,38)39)20-46(33(29)47)28-9-5-8-27(15-28)35(22-48-23-35)16-32-41-40-24-43(32)4;25-22-18-14-28(20-8-9-21(29)26-23(20)30)24(31)17(18)6-7-19(22)27-12-10-16(11-13-27)32-15-4-2-1-3-5-15/h5,8-9,13-15,24-25H,6-7,10-12,16-23H2,1-4H3;6-7,15-16,20H,1-5,8-14H2,(H,26,29,30). The van der Waals surface area contributed by atoms with Crippen LogP contribution in [0.5, 0.6) is 0 Å². The Morgan fingerprint density at radius 1 is 0.812 bits per heavy atom. The predicted octanol–water partition coefficient (Wildman–Crippen LogP) is 7.65. The molecule has 0 bridgehead atoms. The highest BCUT2D eigenvalue weighted by atomic mass is 19.4. The molecule has 4 aromatic rings. The number of amides is 4. The number of ether oxygens (including phenoxy) is 2. The lowest BCUT2D eigenvalue weighted by atomic mass is 9.75. The number of aryl methyl sites for hydroxylation is 1. The number of halogens is 4. The van der Waals surface area contributed by atoms with E-state index in [9.17, 15) is 32.3 Å². The Morgan fingerprint density at radius 2 is 1.59 bits per heavy atom. The summed E-state index contributed by atoms with van der Waals surface area (Å²) in [6.07, 6.45) is 8.73. The molecule has 80 heavy (non-hydrogen) atoms. The van der Waals surface area contributed by atoms with Crippen LogP contribution in [0.1, 0.15) is 139 Å². The largest absolute Gasteiger partial charge is 0.416 e. The second kappa shape index (κ2) is 22.9. The molecule has 8 heterocycles. The maximum atomic E-state index is 15.5. The average molecular weight is 1110 g/mol. The highest BCUT2D eigenvalue weighted by molar-refractivity contribution is 6.10. The monoisotopic (exact) mass is 1110 g/mol. The zero-order chi connectivity index (χ0) is 56.1. The lowest BCUT2D eigenvalue weighted by molar-refractivity contribution is -0.138. The average Bonchev–Trinajstić information content (AvgIpc) is 4.27. The van der Waals surface area contributed by atoms with E-state index in [1.54, 1.807) is 30.6 Å². The quantitative estimate of drug-likeness (QED) is 0.110. The summed E-state index contributed by atoms with van der Waals surface area (Å²) in [6.45, 7) is 13.1. The van der Waals surface area contributed by atoms with Crippen molar-refractivity contribution >= 4 is 35.0 Å². The normalized spacial score (nSPS) is 24.1. The molecule has 2 atom stereocenters. The van der Waals surface area contributed by atoms with Crippen molar-refractivity contribution in [3.63, 3.8) is 0 Å². The molecule has 1 saturated carbocycles. The van der Waals surface area contributed by atoms with Crippen molar-refractivity contribution in [2.24, 2.45) is 13.0 Å². The van der Waals surface area contributed by atoms with Crippen LogP contribution in [0.25, 0.3) is 0 Å². The second-order valence-electron chi connectivity index (χ2n) is 24.6. The van der Waals surface area contributed by atoms with Crippen LogP contribution in [0.15, 0.2) is 54.9 Å². The molecule has 0 radical (unpaired) electrons. The van der Waals surface area contributed by atoms with Crippen molar-refractivity contribution < 1.29 is 46.2 Å². The van der Waals surface area contributed by atoms with Crippen molar-refractivity contribution in [1.82, 2.24) is 39.7 Å². The van der Waals surface area contributed by atoms with E-state index in [0.717, 1.165) is 102 Å². The van der Waals surface area contributed by atoms with Gasteiger partial charge in [0.25, 0.3) is 11.8 Å². The molecule has 20 heteroatoms. The third-order valence-electron chi connectivity index (χ3n) is 18.3. The van der Waals surface area contributed by atoms with E-state index in [2.05, 4.69) is 51.1 Å². The molecular formula is C60H76F4N10O6. The maximum Gasteiger partial charge on any atom is 0.416 e. The van der Waals surface area contributed by atoms with Gasteiger partial charge in [0.05, 0.1) is 49.8 Å². The Hall–Kier alpha value is -5.80. The number of likely N-dealkylation sites (N-methyl/N-ethyl adjacent to an activating group) is 1. The smallest absolute Gasteiger partial charge is 0.379 e. The van der Waals surface area contributed by atoms with Gasteiger partial charge in [-0.2, -0.15) is 13.2 Å². The molecule has 5 saturated heterocycles. The van der Waals surface area contributed by atoms with E-state index in [-0.39, 0.29) is 71.7 Å². The van der Waals surface area contributed by atoms with Gasteiger partial charge in [-0.25, -0.2) is 4.39 Å². The minimum absolute atomic E-state index is 0.0521. The first kappa shape index (κ1) is 56.1. The van der Waals surface area contributed by atoms with Crippen molar-refractivity contribution in [3.05, 3.63) is 105 Å². The van der Waals surface area contributed by atoms with E-state index in [4.69, 9.17) is 9.47 Å². The van der Waals surface area contributed by atoms with Gasteiger partial charge in [-0.3, -0.25) is 34.3 Å². The minimum Gasteiger partial charge on any atom is -0.379 e. The Labute approximate surface area is 466 Å². The molecule has 3 aromatic carbocycles. The first-order valence-electron chi connectivity index (χ1n) is 28.9. The lowest BCUT2D eigenvalue weighted by Gasteiger charge is -2.48. The molecule has 1 N–H and O–H groups in total. The van der Waals surface area contributed by atoms with Crippen LogP contribution in [0.3, 0.4) is 0 Å². The molecule has 8 aliphatic rings. The Balaban J connectivity index is 0.000000183. The summed E-state index contributed by atoms with van der Waals surface area (Å²) in [4.78, 5) is 62.6. The molecular weight excluding hydrogens is 1030 g/mol. The zero-order valence-electron chi connectivity index (χ0n) is 46.7. The Bertz CT molecular complexity index is 2970. The van der Waals surface area contributed by atoms with E-state index < -0.39 is 29.6 Å². The predicted molar refractivity (Wildman–Crippen MR) is 292 cm³/mol. The van der Waals surface area contributed by atoms with E-state index in [1.807, 2.05) is 34.7 Å². The Morgan fingerprint density at radius 3 is 2.29 bits per heavy atom. The highest BCUT2D eigenvalue weighted by Gasteiger charge is 2.45. The van der Waals surface area contributed by atoms with Gasteiger partial charge in [0, 0.05) is 106 Å². The van der Waals surface area contributed by atoms with Gasteiger partial charge in [-0.1, -0.05) is 31.4 Å². The van der Waals surface area contributed by atoms with Gasteiger partial charge in [0.15, 0.2) is 5.82 Å². The number of hydrogen-bond donors (Lipinski definition) is 1. The van der Waals surface area contributed by atoms with Crippen LogP contribution in [-0.4, -0.2) is 154 Å². The number of benzene rings is 3. The summed E-state index contributed by atoms with van der Waals surface area (Å²) < 4.78 is 73.1. The first-order chi connectivity index (χ1) is 38.3. The van der Waals surface area contributed by atoms with Crippen molar-refractivity contribution in [1.29, 1.82) is 0 Å². The van der Waals surface area contributed by atoms with Gasteiger partial charge in [0.1, 0.15) is 18.2 Å². The number of anilines is 2. The summed E-state index contributed by atoms with van der Waals surface area (Å²) in [5, 5.41) is 10.5. The number of aromatic nitrogens is 3. The van der Waals surface area contributed by atoms with Crippen molar-refractivity contribution in [2.75, 3.05) is 82.4 Å². The molecule has 6 fully saturated rings. The number of carbonyl (C=O) groups is 4. The molecule has 2 unspecified atom stereocenters. The highest BCUT2D eigenvalue weighted by Crippen LogP contribution is 2.43. The van der Waals surface area contributed by atoms with Gasteiger partial charge in [-0.05, 0) is 131 Å². The number of piperidine rings is 3. The zero-order valence-corrected chi connectivity index (χ0v) is 46.7. The molecule has 12 rings (SSSR count). The summed E-state index contributed by atoms with van der Waals surface area (Å²) in [6, 6.07) is 13.2. The summed E-state index contributed by atoms with van der Waals surface area (Å²) in [5.41, 5.74) is 2.50. The number of alkyl halides is 3. The molecule has 1 aliphatic carbocycles. The number of likely N-dealkylation sites (tertiary alicyclic amines) is 1. The first-order valence-corrected chi connectivity index (χ1v) is 28.9. The number of carbonyl (C=O) groups excluding carboxylic acids is 4. The van der Waals surface area contributed by atoms with E-state index in [1.165, 1.54) is 35.1 Å². The number of hydrogen-bond acceptors (Lipinski definition) is 12. The fourth-order valence-corrected chi connectivity index (χ4v) is 13.8. The van der Waals surface area contributed by atoms with E-state index >= 15 is 4.39 Å². The van der Waals surface area contributed by atoms with Crippen LogP contribution in [0, 0.1) is 11.7 Å². The minimum atomic E-state index is -4.57. The third-order valence-corrected chi connectivity index (χ3v) is 18.3. The second-order valence-corrected chi connectivity index (χ2v) is 24.6. The fraction of sp³-hybridized carbons (Fsp3) is 0.600. The molecule has 430 valence electrons.